The van der Waals surface area contributed by atoms with Crippen LogP contribution in [0.2, 0.25) is 0 Å². The molecule has 1 aromatic heterocycles. The molecule has 0 unspecified atom stereocenters. The summed E-state index contributed by atoms with van der Waals surface area (Å²) in [6.45, 7) is -0.107. The third-order valence-electron chi connectivity index (χ3n) is 4.40. The van der Waals surface area contributed by atoms with Gasteiger partial charge in [0, 0.05) is 55.2 Å². The molecule has 1 aliphatic heterocycles. The van der Waals surface area contributed by atoms with Crippen molar-refractivity contribution in [3.05, 3.63) is 41.9 Å². The molecule has 0 amide bonds. The van der Waals surface area contributed by atoms with Crippen molar-refractivity contribution in [1.82, 2.24) is 9.97 Å². The number of aromatic nitrogens is 2. The molecule has 0 atom stereocenters. The van der Waals surface area contributed by atoms with Crippen molar-refractivity contribution >= 4 is 22.4 Å². The number of rotatable bonds is 7. The van der Waals surface area contributed by atoms with E-state index in [1.807, 2.05) is 12.1 Å². The Bertz CT molecular complexity index is 1020. The number of anilines is 2. The van der Waals surface area contributed by atoms with Crippen LogP contribution in [0.25, 0.3) is 16.6 Å². The smallest absolute Gasteiger partial charge is 0.231 e. The molecular weight excluding hydrogens is 466 g/mol. The minimum absolute atomic E-state index is 0. The normalized spacial score (nSPS) is 11.4. The standard InChI is InChI=1S/C19H19N4O5.2V/c1-25-15-7-13-12(6-16(15)26-8-20)19(22-9-21-13)23-17-11(4-5-24)2-3-14-18(17)28-10-27-14;;/h2-3,6-7,9,20,24H,4-5,8,10H2,1H3,(H,21,22,23);;/q-1;;. The summed E-state index contributed by atoms with van der Waals surface area (Å²) in [7, 11) is 1.53. The van der Waals surface area contributed by atoms with Crippen LogP contribution in [-0.4, -0.2) is 42.3 Å². The van der Waals surface area contributed by atoms with E-state index >= 15 is 0 Å². The Balaban J connectivity index is 0.00000160. The SMILES string of the molecule is COc1cc2ncnc(Nc3c(CCO)ccc4c3OCO4)c2cc1OC[NH-].[V].[V]. The zero-order valence-corrected chi connectivity index (χ0v) is 18.9. The van der Waals surface area contributed by atoms with Gasteiger partial charge in [-0.25, -0.2) is 9.97 Å². The van der Waals surface area contributed by atoms with Crippen molar-refractivity contribution in [1.29, 1.82) is 0 Å². The maximum Gasteiger partial charge on any atom is 0.231 e. The van der Waals surface area contributed by atoms with Crippen molar-refractivity contribution < 1.29 is 61.2 Å². The van der Waals surface area contributed by atoms with Crippen LogP contribution in [0.4, 0.5) is 11.5 Å². The molecule has 2 heterocycles. The molecule has 2 aromatic carbocycles. The first-order chi connectivity index (χ1) is 13.7. The predicted molar refractivity (Wildman–Crippen MR) is 103 cm³/mol. The van der Waals surface area contributed by atoms with Crippen molar-refractivity contribution in [2.75, 3.05) is 32.6 Å². The maximum absolute atomic E-state index is 9.41. The van der Waals surface area contributed by atoms with Crippen molar-refractivity contribution in [3.8, 4) is 23.0 Å². The van der Waals surface area contributed by atoms with Gasteiger partial charge in [-0.3, -0.25) is 0 Å². The van der Waals surface area contributed by atoms with E-state index in [0.717, 1.165) is 5.56 Å². The summed E-state index contributed by atoms with van der Waals surface area (Å²) in [5.41, 5.74) is 9.54. The summed E-state index contributed by atoms with van der Waals surface area (Å²) < 4.78 is 21.8. The number of methoxy groups -OCH3 is 1. The van der Waals surface area contributed by atoms with Gasteiger partial charge in [-0.05, 0) is 30.8 Å². The Morgan fingerprint density at radius 2 is 2.00 bits per heavy atom. The fourth-order valence-corrected chi connectivity index (χ4v) is 3.11. The van der Waals surface area contributed by atoms with Crippen LogP contribution in [-0.2, 0) is 43.5 Å². The number of aliphatic hydroxyl groups excluding tert-OH is 1. The molecule has 30 heavy (non-hydrogen) atoms. The monoisotopic (exact) mass is 485 g/mol. The molecule has 0 bridgehead atoms. The molecule has 3 aromatic rings. The summed E-state index contributed by atoms with van der Waals surface area (Å²) in [6.07, 6.45) is 1.89. The fourth-order valence-electron chi connectivity index (χ4n) is 3.11. The quantitative estimate of drug-likeness (QED) is 0.525. The van der Waals surface area contributed by atoms with Crippen molar-refractivity contribution in [2.45, 2.75) is 6.42 Å². The van der Waals surface area contributed by atoms with E-state index in [9.17, 15) is 5.11 Å². The van der Waals surface area contributed by atoms with Gasteiger partial charge in [0.2, 0.25) is 6.79 Å². The van der Waals surface area contributed by atoms with Crippen molar-refractivity contribution in [2.24, 2.45) is 0 Å². The van der Waals surface area contributed by atoms with Crippen LogP contribution >= 0.6 is 0 Å². The first kappa shape index (κ1) is 24.1. The molecule has 4 rings (SSSR count). The van der Waals surface area contributed by atoms with Gasteiger partial charge in [0.25, 0.3) is 0 Å². The van der Waals surface area contributed by atoms with Crippen LogP contribution in [0.1, 0.15) is 5.56 Å². The second-order valence-corrected chi connectivity index (χ2v) is 5.96. The number of benzene rings is 2. The molecule has 156 valence electrons. The van der Waals surface area contributed by atoms with Gasteiger partial charge in [0.05, 0.1) is 18.3 Å². The van der Waals surface area contributed by atoms with Gasteiger partial charge in [-0.1, -0.05) is 6.07 Å². The van der Waals surface area contributed by atoms with Crippen LogP contribution in [0.3, 0.4) is 0 Å². The minimum atomic E-state index is -0.240. The second kappa shape index (κ2) is 10.8. The summed E-state index contributed by atoms with van der Waals surface area (Å²) in [5.74, 6) is 2.65. The molecule has 0 saturated heterocycles. The van der Waals surface area contributed by atoms with Crippen molar-refractivity contribution in [3.63, 3.8) is 0 Å². The maximum atomic E-state index is 9.41. The molecule has 0 spiro atoms. The summed E-state index contributed by atoms with van der Waals surface area (Å²) >= 11 is 0. The zero-order chi connectivity index (χ0) is 19.5. The molecule has 0 saturated carbocycles. The molecule has 11 heteroatoms. The Hall–Kier alpha value is -2.13. The van der Waals surface area contributed by atoms with E-state index in [2.05, 4.69) is 15.3 Å². The van der Waals surface area contributed by atoms with Crippen LogP contribution in [0.5, 0.6) is 23.0 Å². The Morgan fingerprint density at radius 3 is 2.73 bits per heavy atom. The third kappa shape index (κ3) is 4.62. The molecule has 3 N–H and O–H groups in total. The molecular formula is C19H19N4O5V2-. The first-order valence-electron chi connectivity index (χ1n) is 8.64. The summed E-state index contributed by atoms with van der Waals surface area (Å²) in [4.78, 5) is 8.66. The molecule has 2 radical (unpaired) electrons. The van der Waals surface area contributed by atoms with Gasteiger partial charge in [-0.15, -0.1) is 0 Å². The fraction of sp³-hybridized carbons (Fsp3) is 0.263. The number of nitrogens with zero attached hydrogens (tertiary/aromatic N) is 2. The van der Waals surface area contributed by atoms with Gasteiger partial charge < -0.3 is 35.1 Å². The van der Waals surface area contributed by atoms with Gasteiger partial charge >= 0.3 is 0 Å². The second-order valence-electron chi connectivity index (χ2n) is 5.96. The first-order valence-corrected chi connectivity index (χ1v) is 8.64. The summed E-state index contributed by atoms with van der Waals surface area (Å²) in [5, 5.41) is 13.4. The van der Waals surface area contributed by atoms with E-state index in [-0.39, 0.29) is 57.2 Å². The Morgan fingerprint density at radius 1 is 1.17 bits per heavy atom. The van der Waals surface area contributed by atoms with Crippen LogP contribution in [0.15, 0.2) is 30.6 Å². The number of hydrogen-bond acceptors (Lipinski definition) is 8. The molecule has 0 fully saturated rings. The van der Waals surface area contributed by atoms with E-state index < -0.39 is 0 Å². The molecule has 9 nitrogen and oxygen atoms in total. The van der Waals surface area contributed by atoms with Gasteiger partial charge in [0.1, 0.15) is 12.1 Å². The van der Waals surface area contributed by atoms with E-state index in [1.165, 1.54) is 13.4 Å². The van der Waals surface area contributed by atoms with Gasteiger partial charge in [-0.2, -0.15) is 0 Å². The number of aliphatic hydroxyl groups is 1. The molecule has 0 aliphatic carbocycles. The Labute approximate surface area is 197 Å². The number of hydrogen-bond donors (Lipinski definition) is 2. The van der Waals surface area contributed by atoms with Gasteiger partial charge in [0.15, 0.2) is 23.0 Å². The summed E-state index contributed by atoms with van der Waals surface area (Å²) in [6, 6.07) is 7.17. The van der Waals surface area contributed by atoms with E-state index in [4.69, 9.17) is 24.7 Å². The minimum Gasteiger partial charge on any atom is -0.644 e. The Kier molecular flexibility index (Phi) is 8.66. The van der Waals surface area contributed by atoms with E-state index in [0.29, 0.717) is 51.8 Å². The zero-order valence-electron chi connectivity index (χ0n) is 16.1. The van der Waals surface area contributed by atoms with Crippen LogP contribution < -0.4 is 24.3 Å². The van der Waals surface area contributed by atoms with E-state index in [1.54, 1.807) is 12.1 Å². The largest absolute Gasteiger partial charge is 0.644 e. The number of fused-ring (bicyclic) bond motifs is 2. The average molecular weight is 485 g/mol. The third-order valence-corrected chi connectivity index (χ3v) is 4.40. The number of nitrogens with one attached hydrogen (secondary N) is 2. The topological polar surface area (TPSA) is 119 Å². The average Bonchev–Trinajstić information content (AvgIpc) is 3.19. The molecule has 1 aliphatic rings. The van der Waals surface area contributed by atoms with Crippen LogP contribution in [0, 0.1) is 0 Å². The number of ether oxygens (including phenoxy) is 4. The predicted octanol–water partition coefficient (Wildman–Crippen LogP) is 3.03.